The van der Waals surface area contributed by atoms with Gasteiger partial charge >= 0.3 is 6.18 Å². The van der Waals surface area contributed by atoms with Crippen LogP contribution >= 0.6 is 0 Å². The Hall–Kier alpha value is -2.57. The zero-order valence-corrected chi connectivity index (χ0v) is 13.3. The fraction of sp³-hybridized carbons (Fsp3) is 0.294. The van der Waals surface area contributed by atoms with Crippen LogP contribution in [0.2, 0.25) is 0 Å². The third-order valence-electron chi connectivity index (χ3n) is 3.51. The second-order valence-corrected chi connectivity index (χ2v) is 5.41. The molecule has 1 aromatic heterocycles. The highest BCUT2D eigenvalue weighted by atomic mass is 19.4. The molecule has 0 aliphatic heterocycles. The third-order valence-corrected chi connectivity index (χ3v) is 3.51. The molecular formula is C17H18F3N3O. The molecule has 0 spiro atoms. The van der Waals surface area contributed by atoms with Crippen LogP contribution in [-0.2, 0) is 6.18 Å². The van der Waals surface area contributed by atoms with Crippen molar-refractivity contribution in [3.8, 4) is 0 Å². The Morgan fingerprint density at radius 1 is 1.25 bits per heavy atom. The smallest absolute Gasteiger partial charge is 0.381 e. The number of pyridine rings is 1. The van der Waals surface area contributed by atoms with Crippen LogP contribution in [-0.4, -0.2) is 16.9 Å². The minimum absolute atomic E-state index is 0.181. The van der Waals surface area contributed by atoms with Gasteiger partial charge in [-0.25, -0.2) is 0 Å². The summed E-state index contributed by atoms with van der Waals surface area (Å²) < 4.78 is 38.9. The molecule has 1 heterocycles. The number of para-hydroxylation sites is 1. The molecule has 0 radical (unpaired) electrons. The van der Waals surface area contributed by atoms with E-state index in [4.69, 9.17) is 0 Å². The van der Waals surface area contributed by atoms with Gasteiger partial charge in [-0.3, -0.25) is 9.78 Å². The number of nitrogens with one attached hydrogen (secondary N) is 2. The molecule has 7 heteroatoms. The van der Waals surface area contributed by atoms with E-state index in [9.17, 15) is 18.0 Å². The molecule has 0 fully saturated rings. The SMILES string of the molecule is CCC(C)Nc1cncc(C(=O)Nc2ccccc2C(F)(F)F)c1. The molecule has 1 atom stereocenters. The Balaban J connectivity index is 2.21. The van der Waals surface area contributed by atoms with Gasteiger partial charge in [0.2, 0.25) is 0 Å². The van der Waals surface area contributed by atoms with E-state index in [2.05, 4.69) is 15.6 Å². The molecular weight excluding hydrogens is 319 g/mol. The molecule has 2 aromatic rings. The largest absolute Gasteiger partial charge is 0.418 e. The Morgan fingerprint density at radius 3 is 2.62 bits per heavy atom. The second kappa shape index (κ2) is 7.33. The molecule has 128 valence electrons. The summed E-state index contributed by atoms with van der Waals surface area (Å²) in [6, 6.07) is 6.60. The molecule has 1 amide bonds. The van der Waals surface area contributed by atoms with E-state index < -0.39 is 17.6 Å². The van der Waals surface area contributed by atoms with Gasteiger partial charge in [-0.2, -0.15) is 13.2 Å². The number of amides is 1. The quantitative estimate of drug-likeness (QED) is 0.841. The molecule has 4 nitrogen and oxygen atoms in total. The number of anilines is 2. The normalized spacial score (nSPS) is 12.5. The summed E-state index contributed by atoms with van der Waals surface area (Å²) in [5, 5.41) is 5.46. The molecule has 0 bridgehead atoms. The topological polar surface area (TPSA) is 54.0 Å². The average Bonchev–Trinajstić information content (AvgIpc) is 2.54. The van der Waals surface area contributed by atoms with Crippen molar-refractivity contribution in [2.24, 2.45) is 0 Å². The maximum atomic E-state index is 13.0. The summed E-state index contributed by atoms with van der Waals surface area (Å²) in [6.07, 6.45) is -0.780. The molecule has 2 N–H and O–H groups in total. The maximum absolute atomic E-state index is 13.0. The zero-order chi connectivity index (χ0) is 17.7. The molecule has 2 rings (SSSR count). The number of carbonyl (C=O) groups is 1. The molecule has 0 aliphatic carbocycles. The highest BCUT2D eigenvalue weighted by Gasteiger charge is 2.33. The Labute approximate surface area is 138 Å². The fourth-order valence-corrected chi connectivity index (χ4v) is 2.06. The van der Waals surface area contributed by atoms with E-state index in [0.29, 0.717) is 5.69 Å². The monoisotopic (exact) mass is 337 g/mol. The van der Waals surface area contributed by atoms with Gasteiger partial charge in [0.05, 0.1) is 22.5 Å². The highest BCUT2D eigenvalue weighted by Crippen LogP contribution is 2.34. The summed E-state index contributed by atoms with van der Waals surface area (Å²) in [7, 11) is 0. The maximum Gasteiger partial charge on any atom is 0.418 e. The number of hydrogen-bond donors (Lipinski definition) is 2. The van der Waals surface area contributed by atoms with E-state index in [1.165, 1.54) is 24.4 Å². The first-order valence-electron chi connectivity index (χ1n) is 7.50. The van der Waals surface area contributed by atoms with E-state index in [1.807, 2.05) is 13.8 Å². The van der Waals surface area contributed by atoms with Crippen molar-refractivity contribution < 1.29 is 18.0 Å². The molecule has 1 aromatic carbocycles. The summed E-state index contributed by atoms with van der Waals surface area (Å²) >= 11 is 0. The van der Waals surface area contributed by atoms with E-state index in [-0.39, 0.29) is 17.3 Å². The minimum Gasteiger partial charge on any atom is -0.381 e. The van der Waals surface area contributed by atoms with Crippen molar-refractivity contribution >= 4 is 17.3 Å². The van der Waals surface area contributed by atoms with Gasteiger partial charge in [0.1, 0.15) is 0 Å². The van der Waals surface area contributed by atoms with Crippen molar-refractivity contribution in [3.05, 3.63) is 53.9 Å². The fourth-order valence-electron chi connectivity index (χ4n) is 2.06. The van der Waals surface area contributed by atoms with Crippen molar-refractivity contribution in [1.82, 2.24) is 4.98 Å². The Kier molecular flexibility index (Phi) is 5.43. The average molecular weight is 337 g/mol. The number of halogens is 3. The number of hydrogen-bond acceptors (Lipinski definition) is 3. The predicted molar refractivity (Wildman–Crippen MR) is 87.0 cm³/mol. The summed E-state index contributed by atoms with van der Waals surface area (Å²) in [4.78, 5) is 16.2. The number of aromatic nitrogens is 1. The van der Waals surface area contributed by atoms with Gasteiger partial charge in [0.25, 0.3) is 5.91 Å². The van der Waals surface area contributed by atoms with Crippen LogP contribution in [0.3, 0.4) is 0 Å². The summed E-state index contributed by atoms with van der Waals surface area (Å²) in [5.41, 5.74) is -0.350. The van der Waals surface area contributed by atoms with Gasteiger partial charge in [0, 0.05) is 18.4 Å². The number of alkyl halides is 3. The predicted octanol–water partition coefficient (Wildman–Crippen LogP) is 4.56. The van der Waals surface area contributed by atoms with Gasteiger partial charge in [-0.1, -0.05) is 19.1 Å². The molecule has 24 heavy (non-hydrogen) atoms. The molecule has 0 aliphatic rings. The van der Waals surface area contributed by atoms with Crippen LogP contribution in [0.4, 0.5) is 24.5 Å². The van der Waals surface area contributed by atoms with Crippen LogP contribution in [0.15, 0.2) is 42.7 Å². The highest BCUT2D eigenvalue weighted by molar-refractivity contribution is 6.05. The Morgan fingerprint density at radius 2 is 1.96 bits per heavy atom. The number of carbonyl (C=O) groups excluding carboxylic acids is 1. The first-order chi connectivity index (χ1) is 11.3. The lowest BCUT2D eigenvalue weighted by Crippen LogP contribution is -2.18. The standard InChI is InChI=1S/C17H18F3N3O/c1-3-11(2)22-13-8-12(9-21-10-13)16(24)23-15-7-5-4-6-14(15)17(18,19)20/h4-11,22H,3H2,1-2H3,(H,23,24). The van der Waals surface area contributed by atoms with Crippen LogP contribution < -0.4 is 10.6 Å². The van der Waals surface area contributed by atoms with E-state index in [0.717, 1.165) is 12.5 Å². The second-order valence-electron chi connectivity index (χ2n) is 5.41. The lowest BCUT2D eigenvalue weighted by atomic mass is 10.1. The van der Waals surface area contributed by atoms with E-state index in [1.54, 1.807) is 12.3 Å². The van der Waals surface area contributed by atoms with Crippen molar-refractivity contribution in [3.63, 3.8) is 0 Å². The number of rotatable bonds is 5. The van der Waals surface area contributed by atoms with Crippen LogP contribution in [0.5, 0.6) is 0 Å². The lowest BCUT2D eigenvalue weighted by Gasteiger charge is -2.15. The zero-order valence-electron chi connectivity index (χ0n) is 13.3. The molecule has 1 unspecified atom stereocenters. The number of benzene rings is 1. The Bertz CT molecular complexity index is 716. The van der Waals surface area contributed by atoms with Gasteiger partial charge in [-0.15, -0.1) is 0 Å². The molecule has 0 saturated heterocycles. The van der Waals surface area contributed by atoms with Crippen molar-refractivity contribution in [2.75, 3.05) is 10.6 Å². The first kappa shape index (κ1) is 17.8. The van der Waals surface area contributed by atoms with Crippen LogP contribution in [0.25, 0.3) is 0 Å². The van der Waals surface area contributed by atoms with Crippen molar-refractivity contribution in [2.45, 2.75) is 32.5 Å². The lowest BCUT2D eigenvalue weighted by molar-refractivity contribution is -0.136. The van der Waals surface area contributed by atoms with Gasteiger partial charge in [-0.05, 0) is 31.5 Å². The van der Waals surface area contributed by atoms with Crippen molar-refractivity contribution in [1.29, 1.82) is 0 Å². The molecule has 0 saturated carbocycles. The third kappa shape index (κ3) is 4.47. The summed E-state index contributed by atoms with van der Waals surface area (Å²) in [6.45, 7) is 3.99. The van der Waals surface area contributed by atoms with Crippen LogP contribution in [0, 0.1) is 0 Å². The van der Waals surface area contributed by atoms with Crippen LogP contribution in [0.1, 0.15) is 36.2 Å². The van der Waals surface area contributed by atoms with Gasteiger partial charge < -0.3 is 10.6 Å². The van der Waals surface area contributed by atoms with Gasteiger partial charge in [0.15, 0.2) is 0 Å². The summed E-state index contributed by atoms with van der Waals surface area (Å²) in [5.74, 6) is -0.646. The van der Waals surface area contributed by atoms with E-state index >= 15 is 0 Å². The number of nitrogens with zero attached hydrogens (tertiary/aromatic N) is 1. The first-order valence-corrected chi connectivity index (χ1v) is 7.50. The minimum atomic E-state index is -4.54.